The van der Waals surface area contributed by atoms with Crippen LogP contribution in [0.25, 0.3) is 5.57 Å². The summed E-state index contributed by atoms with van der Waals surface area (Å²) in [5.41, 5.74) is 3.85. The van der Waals surface area contributed by atoms with Crippen molar-refractivity contribution < 1.29 is 0 Å². The Morgan fingerprint density at radius 2 is 2.00 bits per heavy atom. The molecule has 1 heteroatoms. The monoisotopic (exact) mass is 189 g/mol. The minimum atomic E-state index is 0.200. The third kappa shape index (κ3) is 2.44. The number of pyridine rings is 1. The van der Waals surface area contributed by atoms with Crippen LogP contribution in [0, 0.1) is 0 Å². The molecule has 1 rings (SSSR count). The number of aromatic nitrogens is 1. The lowest BCUT2D eigenvalue weighted by atomic mass is 9.87. The van der Waals surface area contributed by atoms with Gasteiger partial charge in [0.15, 0.2) is 0 Å². The molecule has 14 heavy (non-hydrogen) atoms. The smallest absolute Gasteiger partial charge is 0.0658 e. The molecule has 0 aliphatic rings. The zero-order valence-corrected chi connectivity index (χ0v) is 9.76. The molecule has 1 heterocycles. The van der Waals surface area contributed by atoms with Gasteiger partial charge in [0.1, 0.15) is 0 Å². The van der Waals surface area contributed by atoms with Gasteiger partial charge in [-0.25, -0.2) is 0 Å². The zero-order chi connectivity index (χ0) is 10.8. The zero-order valence-electron chi connectivity index (χ0n) is 9.76. The number of hydrogen-bond acceptors (Lipinski definition) is 1. The van der Waals surface area contributed by atoms with Crippen LogP contribution in [0.3, 0.4) is 0 Å². The molecule has 0 aromatic carbocycles. The van der Waals surface area contributed by atoms with Gasteiger partial charge in [0.05, 0.1) is 5.69 Å². The lowest BCUT2D eigenvalue weighted by molar-refractivity contribution is 0.589. The van der Waals surface area contributed by atoms with E-state index in [-0.39, 0.29) is 5.41 Å². The maximum absolute atomic E-state index is 4.36. The van der Waals surface area contributed by atoms with Crippen molar-refractivity contribution >= 4 is 5.57 Å². The van der Waals surface area contributed by atoms with Crippen molar-refractivity contribution in [2.45, 2.75) is 40.0 Å². The molecule has 0 aliphatic heterocycles. The fraction of sp³-hybridized carbons (Fsp3) is 0.462. The Morgan fingerprint density at radius 3 is 2.50 bits per heavy atom. The summed E-state index contributed by atoms with van der Waals surface area (Å²) >= 11 is 0. The molecular weight excluding hydrogens is 170 g/mol. The van der Waals surface area contributed by atoms with Crippen molar-refractivity contribution in [2.75, 3.05) is 0 Å². The fourth-order valence-corrected chi connectivity index (χ4v) is 1.26. The van der Waals surface area contributed by atoms with E-state index in [0.29, 0.717) is 0 Å². The maximum atomic E-state index is 4.36. The molecule has 76 valence electrons. The van der Waals surface area contributed by atoms with Crippen molar-refractivity contribution in [3.8, 4) is 0 Å². The first-order chi connectivity index (χ1) is 6.45. The van der Waals surface area contributed by atoms with Crippen LogP contribution in [0.15, 0.2) is 24.4 Å². The Balaban J connectivity index is 3.14. The second-order valence-corrected chi connectivity index (χ2v) is 4.65. The lowest BCUT2D eigenvalue weighted by Crippen LogP contribution is -2.11. The SMILES string of the molecule is CC=C(C)c1cc(C(C)(C)C)ccn1. The van der Waals surface area contributed by atoms with Gasteiger partial charge in [0.25, 0.3) is 0 Å². The summed E-state index contributed by atoms with van der Waals surface area (Å²) in [4.78, 5) is 4.36. The third-order valence-electron chi connectivity index (χ3n) is 2.46. The van der Waals surface area contributed by atoms with E-state index < -0.39 is 0 Å². The molecule has 0 saturated heterocycles. The largest absolute Gasteiger partial charge is 0.257 e. The van der Waals surface area contributed by atoms with Gasteiger partial charge in [-0.1, -0.05) is 26.8 Å². The third-order valence-corrected chi connectivity index (χ3v) is 2.46. The summed E-state index contributed by atoms with van der Waals surface area (Å²) in [6.07, 6.45) is 3.98. The van der Waals surface area contributed by atoms with Gasteiger partial charge < -0.3 is 0 Å². The molecule has 0 spiro atoms. The lowest BCUT2D eigenvalue weighted by Gasteiger charge is -2.19. The van der Waals surface area contributed by atoms with Crippen molar-refractivity contribution in [1.82, 2.24) is 4.98 Å². The summed E-state index contributed by atoms with van der Waals surface area (Å²) in [7, 11) is 0. The van der Waals surface area contributed by atoms with Crippen LogP contribution < -0.4 is 0 Å². The van der Waals surface area contributed by atoms with Crippen molar-refractivity contribution in [1.29, 1.82) is 0 Å². The first-order valence-corrected chi connectivity index (χ1v) is 5.05. The Kier molecular flexibility index (Phi) is 3.10. The number of hydrogen-bond donors (Lipinski definition) is 0. The molecule has 0 saturated carbocycles. The Labute approximate surface area is 86.9 Å². The molecule has 0 amide bonds. The van der Waals surface area contributed by atoms with Crippen molar-refractivity contribution in [2.24, 2.45) is 0 Å². The van der Waals surface area contributed by atoms with Gasteiger partial charge >= 0.3 is 0 Å². The van der Waals surface area contributed by atoms with E-state index in [1.54, 1.807) is 0 Å². The molecular formula is C13H19N. The van der Waals surface area contributed by atoms with Gasteiger partial charge in [-0.05, 0) is 42.5 Å². The second kappa shape index (κ2) is 3.95. The maximum Gasteiger partial charge on any atom is 0.0658 e. The first kappa shape index (κ1) is 11.0. The minimum absolute atomic E-state index is 0.200. The standard InChI is InChI=1S/C13H19N/c1-6-10(2)12-9-11(7-8-14-12)13(3,4)5/h6-9H,1-5H3. The van der Waals surface area contributed by atoms with Crippen LogP contribution in [0.4, 0.5) is 0 Å². The Morgan fingerprint density at radius 1 is 1.36 bits per heavy atom. The highest BCUT2D eigenvalue weighted by molar-refractivity contribution is 5.60. The number of allylic oxidation sites excluding steroid dienone is 2. The topological polar surface area (TPSA) is 12.9 Å². The highest BCUT2D eigenvalue weighted by atomic mass is 14.7. The Hall–Kier alpha value is -1.11. The molecule has 1 aromatic heterocycles. The minimum Gasteiger partial charge on any atom is -0.257 e. The predicted octanol–water partition coefficient (Wildman–Crippen LogP) is 3.80. The van der Waals surface area contributed by atoms with E-state index in [1.165, 1.54) is 11.1 Å². The van der Waals surface area contributed by atoms with Gasteiger partial charge in [-0.2, -0.15) is 0 Å². The molecule has 1 nitrogen and oxygen atoms in total. The number of rotatable bonds is 1. The number of nitrogens with zero attached hydrogens (tertiary/aromatic N) is 1. The van der Waals surface area contributed by atoms with Crippen molar-refractivity contribution in [3.05, 3.63) is 35.7 Å². The van der Waals surface area contributed by atoms with Crippen LogP contribution in [0.5, 0.6) is 0 Å². The van der Waals surface area contributed by atoms with Gasteiger partial charge in [-0.3, -0.25) is 4.98 Å². The quantitative estimate of drug-likeness (QED) is 0.654. The molecule has 0 radical (unpaired) electrons. The summed E-state index contributed by atoms with van der Waals surface area (Å²) in [5.74, 6) is 0. The summed E-state index contributed by atoms with van der Waals surface area (Å²) in [6.45, 7) is 10.8. The predicted molar refractivity (Wildman–Crippen MR) is 62.3 cm³/mol. The normalized spacial score (nSPS) is 13.1. The molecule has 1 aromatic rings. The van der Waals surface area contributed by atoms with Crippen molar-refractivity contribution in [3.63, 3.8) is 0 Å². The molecule has 0 unspecified atom stereocenters. The molecule has 0 atom stereocenters. The van der Waals surface area contributed by atoms with Crippen LogP contribution >= 0.6 is 0 Å². The molecule has 0 bridgehead atoms. The van der Waals surface area contributed by atoms with Crippen LogP contribution in [-0.2, 0) is 5.41 Å². The summed E-state index contributed by atoms with van der Waals surface area (Å²) in [5, 5.41) is 0. The Bertz CT molecular complexity index is 342. The van der Waals surface area contributed by atoms with E-state index in [0.717, 1.165) is 5.69 Å². The highest BCUT2D eigenvalue weighted by Crippen LogP contribution is 2.23. The van der Waals surface area contributed by atoms with Crippen LogP contribution in [0.1, 0.15) is 45.9 Å². The van der Waals surface area contributed by atoms with E-state index >= 15 is 0 Å². The van der Waals surface area contributed by atoms with E-state index in [4.69, 9.17) is 0 Å². The average molecular weight is 189 g/mol. The first-order valence-electron chi connectivity index (χ1n) is 5.05. The van der Waals surface area contributed by atoms with E-state index in [1.807, 2.05) is 13.1 Å². The fourth-order valence-electron chi connectivity index (χ4n) is 1.26. The molecule has 0 fully saturated rings. The van der Waals surface area contributed by atoms with Crippen LogP contribution in [-0.4, -0.2) is 4.98 Å². The molecule has 0 N–H and O–H groups in total. The van der Waals surface area contributed by atoms with Gasteiger partial charge in [-0.15, -0.1) is 0 Å². The highest BCUT2D eigenvalue weighted by Gasteiger charge is 2.14. The van der Waals surface area contributed by atoms with Gasteiger partial charge in [0.2, 0.25) is 0 Å². The average Bonchev–Trinajstić information content (AvgIpc) is 2.15. The molecule has 0 aliphatic carbocycles. The van der Waals surface area contributed by atoms with E-state index in [9.17, 15) is 0 Å². The van der Waals surface area contributed by atoms with E-state index in [2.05, 4.69) is 50.9 Å². The van der Waals surface area contributed by atoms with Crippen LogP contribution in [0.2, 0.25) is 0 Å². The second-order valence-electron chi connectivity index (χ2n) is 4.65. The summed E-state index contributed by atoms with van der Waals surface area (Å²) in [6, 6.07) is 4.27. The summed E-state index contributed by atoms with van der Waals surface area (Å²) < 4.78 is 0. The van der Waals surface area contributed by atoms with Gasteiger partial charge in [0, 0.05) is 6.20 Å².